The molecule has 3 N–H and O–H groups in total. The van der Waals surface area contributed by atoms with Crippen LogP contribution in [0.5, 0.6) is 0 Å². The molecule has 20 heavy (non-hydrogen) atoms. The molecule has 1 heterocycles. The minimum Gasteiger partial charge on any atom is -0.353 e. The van der Waals surface area contributed by atoms with E-state index in [4.69, 9.17) is 5.73 Å². The highest BCUT2D eigenvalue weighted by Crippen LogP contribution is 2.25. The Hall–Kier alpha value is 0.320. The van der Waals surface area contributed by atoms with Gasteiger partial charge in [0.2, 0.25) is 5.91 Å². The first-order valence-corrected chi connectivity index (χ1v) is 8.23. The third kappa shape index (κ3) is 5.98. The Morgan fingerprint density at radius 1 is 1.15 bits per heavy atom. The number of nitrogens with one attached hydrogen (secondary N) is 1. The van der Waals surface area contributed by atoms with Gasteiger partial charge in [-0.05, 0) is 12.8 Å². The van der Waals surface area contributed by atoms with Crippen LogP contribution in [0.4, 0.5) is 0 Å². The lowest BCUT2D eigenvalue weighted by Gasteiger charge is -2.32. The van der Waals surface area contributed by atoms with Crippen LogP contribution in [0.25, 0.3) is 0 Å². The van der Waals surface area contributed by atoms with Crippen LogP contribution >= 0.6 is 36.6 Å². The van der Waals surface area contributed by atoms with Crippen molar-refractivity contribution in [3.8, 4) is 0 Å². The number of nitrogens with zero attached hydrogens (tertiary/aromatic N) is 1. The Balaban J connectivity index is 0.00000180. The number of hydrogen-bond donors (Lipinski definition) is 2. The zero-order valence-electron chi connectivity index (χ0n) is 11.9. The predicted octanol–water partition coefficient (Wildman–Crippen LogP) is 1.66. The zero-order valence-corrected chi connectivity index (χ0v) is 14.4. The Bertz CT molecular complexity index is 283. The van der Waals surface area contributed by atoms with Gasteiger partial charge in [0, 0.05) is 37.7 Å². The molecule has 2 fully saturated rings. The van der Waals surface area contributed by atoms with Crippen LogP contribution in [0, 0.1) is 0 Å². The van der Waals surface area contributed by atoms with E-state index in [1.54, 1.807) is 0 Å². The number of carbonyl (C=O) groups excluding carboxylic acids is 1. The number of amides is 1. The first kappa shape index (κ1) is 20.3. The van der Waals surface area contributed by atoms with Crippen LogP contribution in [0.2, 0.25) is 0 Å². The summed E-state index contributed by atoms with van der Waals surface area (Å²) >= 11 is 2.01. The van der Waals surface area contributed by atoms with Crippen LogP contribution in [0.3, 0.4) is 0 Å². The average Bonchev–Trinajstić information content (AvgIpc) is 2.41. The topological polar surface area (TPSA) is 58.4 Å². The molecule has 1 saturated heterocycles. The Kier molecular flexibility index (Phi) is 10.3. The highest BCUT2D eigenvalue weighted by molar-refractivity contribution is 7.99. The van der Waals surface area contributed by atoms with E-state index >= 15 is 0 Å². The average molecular weight is 344 g/mol. The SMILES string of the molecule is Cl.Cl.NC1(C(=O)NCCN2CCSCC2)CCCCC1. The van der Waals surface area contributed by atoms with Gasteiger partial charge in [0.25, 0.3) is 0 Å². The molecular weight excluding hydrogens is 317 g/mol. The molecule has 2 aliphatic rings. The minimum absolute atomic E-state index is 0. The number of nitrogens with two attached hydrogens (primary N) is 1. The van der Waals surface area contributed by atoms with Gasteiger partial charge in [-0.3, -0.25) is 9.69 Å². The lowest BCUT2D eigenvalue weighted by Crippen LogP contribution is -2.56. The van der Waals surface area contributed by atoms with Gasteiger partial charge < -0.3 is 11.1 Å². The molecule has 0 unspecified atom stereocenters. The molecule has 0 aromatic rings. The van der Waals surface area contributed by atoms with Gasteiger partial charge >= 0.3 is 0 Å². The molecule has 1 aliphatic carbocycles. The molecule has 0 spiro atoms. The molecule has 0 aromatic heterocycles. The molecule has 1 saturated carbocycles. The van der Waals surface area contributed by atoms with Crippen molar-refractivity contribution in [1.29, 1.82) is 0 Å². The second-order valence-electron chi connectivity index (χ2n) is 5.43. The van der Waals surface area contributed by atoms with Crippen LogP contribution in [-0.2, 0) is 4.79 Å². The monoisotopic (exact) mass is 343 g/mol. The maximum absolute atomic E-state index is 12.1. The van der Waals surface area contributed by atoms with Gasteiger partial charge in [-0.25, -0.2) is 0 Å². The minimum atomic E-state index is -0.587. The second-order valence-corrected chi connectivity index (χ2v) is 6.65. The van der Waals surface area contributed by atoms with Crippen molar-refractivity contribution in [3.63, 3.8) is 0 Å². The van der Waals surface area contributed by atoms with Crippen LogP contribution < -0.4 is 11.1 Å². The molecule has 0 radical (unpaired) electrons. The smallest absolute Gasteiger partial charge is 0.240 e. The van der Waals surface area contributed by atoms with E-state index in [0.29, 0.717) is 0 Å². The number of carbonyl (C=O) groups is 1. The largest absolute Gasteiger partial charge is 0.353 e. The second kappa shape index (κ2) is 10.1. The van der Waals surface area contributed by atoms with E-state index in [0.717, 1.165) is 51.9 Å². The number of rotatable bonds is 4. The summed E-state index contributed by atoms with van der Waals surface area (Å²) in [5, 5.41) is 3.03. The molecule has 1 aliphatic heterocycles. The van der Waals surface area contributed by atoms with Gasteiger partial charge in [0.05, 0.1) is 5.54 Å². The lowest BCUT2D eigenvalue weighted by molar-refractivity contribution is -0.127. The standard InChI is InChI=1S/C13H25N3OS.2ClH/c14-13(4-2-1-3-5-13)12(17)15-6-7-16-8-10-18-11-9-16;;/h1-11,14H2,(H,15,17);2*1H. The summed E-state index contributed by atoms with van der Waals surface area (Å²) in [6, 6.07) is 0. The van der Waals surface area contributed by atoms with Crippen LogP contribution in [0.1, 0.15) is 32.1 Å². The number of hydrogen-bond acceptors (Lipinski definition) is 4. The molecule has 1 amide bonds. The van der Waals surface area contributed by atoms with Gasteiger partial charge in [-0.2, -0.15) is 11.8 Å². The Morgan fingerprint density at radius 3 is 2.35 bits per heavy atom. The number of halogens is 2. The van der Waals surface area contributed by atoms with Gasteiger partial charge in [-0.1, -0.05) is 19.3 Å². The summed E-state index contributed by atoms with van der Waals surface area (Å²) < 4.78 is 0. The van der Waals surface area contributed by atoms with Gasteiger partial charge in [-0.15, -0.1) is 24.8 Å². The van der Waals surface area contributed by atoms with Crippen LogP contribution in [0.15, 0.2) is 0 Å². The Labute approximate surface area is 138 Å². The van der Waals surface area contributed by atoms with E-state index in [1.165, 1.54) is 17.9 Å². The first-order valence-electron chi connectivity index (χ1n) is 7.08. The summed E-state index contributed by atoms with van der Waals surface area (Å²) in [5.74, 6) is 2.50. The maximum atomic E-state index is 12.1. The summed E-state index contributed by atoms with van der Waals surface area (Å²) in [4.78, 5) is 14.5. The fraction of sp³-hybridized carbons (Fsp3) is 0.923. The normalized spacial score (nSPS) is 22.2. The molecule has 0 bridgehead atoms. The zero-order chi connectivity index (χ0) is 12.8. The predicted molar refractivity (Wildman–Crippen MR) is 91.3 cm³/mol. The summed E-state index contributed by atoms with van der Waals surface area (Å²) in [6.45, 7) is 3.99. The van der Waals surface area contributed by atoms with Crippen molar-refractivity contribution in [2.24, 2.45) is 5.73 Å². The van der Waals surface area contributed by atoms with Crippen molar-refractivity contribution in [3.05, 3.63) is 0 Å². The van der Waals surface area contributed by atoms with Crippen molar-refractivity contribution in [2.75, 3.05) is 37.7 Å². The Morgan fingerprint density at radius 2 is 1.75 bits per heavy atom. The molecule has 4 nitrogen and oxygen atoms in total. The highest BCUT2D eigenvalue weighted by atomic mass is 35.5. The van der Waals surface area contributed by atoms with E-state index < -0.39 is 5.54 Å². The van der Waals surface area contributed by atoms with Gasteiger partial charge in [0.1, 0.15) is 0 Å². The third-order valence-electron chi connectivity index (χ3n) is 4.02. The summed E-state index contributed by atoms with van der Waals surface area (Å²) in [7, 11) is 0. The molecule has 0 atom stereocenters. The van der Waals surface area contributed by atoms with Gasteiger partial charge in [0.15, 0.2) is 0 Å². The van der Waals surface area contributed by atoms with E-state index in [1.807, 2.05) is 11.8 Å². The van der Waals surface area contributed by atoms with Crippen LogP contribution in [-0.4, -0.2) is 54.0 Å². The molecule has 2 rings (SSSR count). The quantitative estimate of drug-likeness (QED) is 0.814. The number of thioether (sulfide) groups is 1. The van der Waals surface area contributed by atoms with Crippen molar-refractivity contribution >= 4 is 42.5 Å². The fourth-order valence-corrected chi connectivity index (χ4v) is 3.72. The highest BCUT2D eigenvalue weighted by Gasteiger charge is 2.34. The molecular formula is C13H27Cl2N3OS. The molecule has 7 heteroatoms. The van der Waals surface area contributed by atoms with Crippen molar-refractivity contribution in [2.45, 2.75) is 37.6 Å². The summed E-state index contributed by atoms with van der Waals surface area (Å²) in [5.41, 5.74) is 5.61. The molecule has 120 valence electrons. The summed E-state index contributed by atoms with van der Waals surface area (Å²) in [6.07, 6.45) is 5.09. The van der Waals surface area contributed by atoms with E-state index in [-0.39, 0.29) is 30.7 Å². The molecule has 0 aromatic carbocycles. The maximum Gasteiger partial charge on any atom is 0.240 e. The first-order chi connectivity index (χ1) is 8.71. The lowest BCUT2D eigenvalue weighted by atomic mass is 9.82. The van der Waals surface area contributed by atoms with E-state index in [9.17, 15) is 4.79 Å². The van der Waals surface area contributed by atoms with Crippen molar-refractivity contribution in [1.82, 2.24) is 10.2 Å². The fourth-order valence-electron chi connectivity index (χ4n) is 2.74. The van der Waals surface area contributed by atoms with E-state index in [2.05, 4.69) is 10.2 Å². The van der Waals surface area contributed by atoms with Crippen molar-refractivity contribution < 1.29 is 4.79 Å². The third-order valence-corrected chi connectivity index (χ3v) is 4.96.